The number of para-hydroxylation sites is 1. The second kappa shape index (κ2) is 8.71. The van der Waals surface area contributed by atoms with Crippen LogP contribution in [-0.4, -0.2) is 17.7 Å². The van der Waals surface area contributed by atoms with Crippen LogP contribution in [0.5, 0.6) is 0 Å². The molecule has 7 nitrogen and oxygen atoms in total. The van der Waals surface area contributed by atoms with E-state index < -0.39 is 17.7 Å². The molecular weight excluding hydrogens is 368 g/mol. The Morgan fingerprint density at radius 3 is 2.03 bits per heavy atom. The predicted octanol–water partition coefficient (Wildman–Crippen LogP) is 3.53. The van der Waals surface area contributed by atoms with Gasteiger partial charge in [-0.25, -0.2) is 4.90 Å². The smallest absolute Gasteiger partial charge is 0.323 e. The van der Waals surface area contributed by atoms with E-state index in [-0.39, 0.29) is 5.69 Å². The molecule has 3 rings (SSSR count). The van der Waals surface area contributed by atoms with Gasteiger partial charge in [0, 0.05) is 29.7 Å². The van der Waals surface area contributed by atoms with Gasteiger partial charge in [-0.15, -0.1) is 0 Å². The number of nitrogen functional groups attached to an aromatic ring is 1. The maximum atomic E-state index is 12.5. The van der Waals surface area contributed by atoms with Gasteiger partial charge >= 0.3 is 11.8 Å². The van der Waals surface area contributed by atoms with Gasteiger partial charge in [0.15, 0.2) is 0 Å². The zero-order valence-electron chi connectivity index (χ0n) is 15.8. The molecule has 0 unspecified atom stereocenters. The van der Waals surface area contributed by atoms with E-state index in [1.165, 1.54) is 19.1 Å². The zero-order chi connectivity index (χ0) is 20.8. The van der Waals surface area contributed by atoms with Gasteiger partial charge in [-0.3, -0.25) is 14.4 Å². The van der Waals surface area contributed by atoms with Crippen LogP contribution >= 0.6 is 0 Å². The number of hydrogen-bond acceptors (Lipinski definition) is 5. The highest BCUT2D eigenvalue weighted by atomic mass is 16.2. The van der Waals surface area contributed by atoms with Crippen LogP contribution in [-0.2, 0) is 14.4 Å². The van der Waals surface area contributed by atoms with Crippen molar-refractivity contribution in [2.75, 3.05) is 21.3 Å². The summed E-state index contributed by atoms with van der Waals surface area (Å²) in [6.07, 6.45) is 0. The maximum Gasteiger partial charge on any atom is 0.323 e. The van der Waals surface area contributed by atoms with E-state index in [0.717, 1.165) is 16.3 Å². The SMILES string of the molecule is CC(=O)N(C(=O)C(=O)Nc1ccc(Nc2ccccc2)cc1)c1cccc(N)c1. The zero-order valence-corrected chi connectivity index (χ0v) is 15.8. The number of rotatable bonds is 4. The van der Waals surface area contributed by atoms with Crippen LogP contribution in [0.25, 0.3) is 0 Å². The summed E-state index contributed by atoms with van der Waals surface area (Å²) in [6, 6.07) is 22.7. The van der Waals surface area contributed by atoms with E-state index in [0.29, 0.717) is 11.4 Å². The fraction of sp³-hybridized carbons (Fsp3) is 0.0455. The van der Waals surface area contributed by atoms with E-state index in [1.54, 1.807) is 36.4 Å². The highest BCUT2D eigenvalue weighted by molar-refractivity contribution is 6.48. The predicted molar refractivity (Wildman–Crippen MR) is 114 cm³/mol. The number of hydrogen-bond donors (Lipinski definition) is 3. The lowest BCUT2D eigenvalue weighted by atomic mass is 10.2. The Morgan fingerprint density at radius 1 is 0.793 bits per heavy atom. The lowest BCUT2D eigenvalue weighted by molar-refractivity contribution is -0.136. The first-order chi connectivity index (χ1) is 13.9. The Morgan fingerprint density at radius 2 is 1.41 bits per heavy atom. The standard InChI is InChI=1S/C22H20N4O3/c1-15(27)26(20-9-5-6-16(23)14-20)22(29)21(28)25-19-12-10-18(11-13-19)24-17-7-3-2-4-8-17/h2-14,24H,23H2,1H3,(H,25,28). The lowest BCUT2D eigenvalue weighted by Gasteiger charge is -2.19. The molecule has 0 aliphatic carbocycles. The third-order valence-corrected chi connectivity index (χ3v) is 4.05. The maximum absolute atomic E-state index is 12.5. The van der Waals surface area contributed by atoms with Crippen LogP contribution in [0.3, 0.4) is 0 Å². The molecule has 4 N–H and O–H groups in total. The van der Waals surface area contributed by atoms with Gasteiger partial charge in [-0.2, -0.15) is 0 Å². The van der Waals surface area contributed by atoms with Crippen molar-refractivity contribution in [3.8, 4) is 0 Å². The van der Waals surface area contributed by atoms with Crippen LogP contribution < -0.4 is 21.3 Å². The summed E-state index contributed by atoms with van der Waals surface area (Å²) < 4.78 is 0. The molecule has 3 aromatic carbocycles. The summed E-state index contributed by atoms with van der Waals surface area (Å²) >= 11 is 0. The van der Waals surface area contributed by atoms with E-state index >= 15 is 0 Å². The van der Waals surface area contributed by atoms with Crippen molar-refractivity contribution in [1.82, 2.24) is 0 Å². The molecular formula is C22H20N4O3. The van der Waals surface area contributed by atoms with E-state index in [1.807, 2.05) is 30.3 Å². The minimum atomic E-state index is -0.991. The van der Waals surface area contributed by atoms with Crippen molar-refractivity contribution >= 4 is 46.2 Å². The number of carbonyl (C=O) groups excluding carboxylic acids is 3. The van der Waals surface area contributed by atoms with Crippen molar-refractivity contribution in [2.45, 2.75) is 6.92 Å². The van der Waals surface area contributed by atoms with Gasteiger partial charge in [0.1, 0.15) is 0 Å². The quantitative estimate of drug-likeness (QED) is 0.468. The average Bonchev–Trinajstić information content (AvgIpc) is 2.70. The molecule has 7 heteroatoms. The van der Waals surface area contributed by atoms with Gasteiger partial charge in [-0.05, 0) is 54.6 Å². The minimum Gasteiger partial charge on any atom is -0.399 e. The van der Waals surface area contributed by atoms with Gasteiger partial charge in [0.25, 0.3) is 0 Å². The van der Waals surface area contributed by atoms with Gasteiger partial charge < -0.3 is 16.4 Å². The largest absolute Gasteiger partial charge is 0.399 e. The van der Waals surface area contributed by atoms with Crippen molar-refractivity contribution < 1.29 is 14.4 Å². The Labute approximate surface area is 168 Å². The van der Waals surface area contributed by atoms with E-state index in [9.17, 15) is 14.4 Å². The summed E-state index contributed by atoms with van der Waals surface area (Å²) in [7, 11) is 0. The summed E-state index contributed by atoms with van der Waals surface area (Å²) in [5, 5.41) is 5.73. The topological polar surface area (TPSA) is 105 Å². The van der Waals surface area contributed by atoms with E-state index in [2.05, 4.69) is 10.6 Å². The van der Waals surface area contributed by atoms with Crippen molar-refractivity contribution in [2.24, 2.45) is 0 Å². The Bertz CT molecular complexity index is 1030. The average molecular weight is 388 g/mol. The number of amides is 3. The van der Waals surface area contributed by atoms with Crippen LogP contribution in [0.1, 0.15) is 6.92 Å². The minimum absolute atomic E-state index is 0.236. The number of nitrogens with zero attached hydrogens (tertiary/aromatic N) is 1. The first kappa shape index (κ1) is 19.6. The molecule has 0 radical (unpaired) electrons. The third-order valence-electron chi connectivity index (χ3n) is 4.05. The number of imide groups is 1. The van der Waals surface area contributed by atoms with Crippen LogP contribution in [0.4, 0.5) is 28.4 Å². The Hall–Kier alpha value is -4.13. The lowest BCUT2D eigenvalue weighted by Crippen LogP contribution is -2.42. The molecule has 0 bridgehead atoms. The summed E-state index contributed by atoms with van der Waals surface area (Å²) in [4.78, 5) is 37.7. The van der Waals surface area contributed by atoms with Gasteiger partial charge in [0.2, 0.25) is 5.91 Å². The van der Waals surface area contributed by atoms with Crippen LogP contribution in [0.2, 0.25) is 0 Å². The molecule has 29 heavy (non-hydrogen) atoms. The molecule has 0 aromatic heterocycles. The van der Waals surface area contributed by atoms with Crippen molar-refractivity contribution in [3.63, 3.8) is 0 Å². The summed E-state index contributed by atoms with van der Waals surface area (Å²) in [5.41, 5.74) is 8.51. The molecule has 146 valence electrons. The van der Waals surface area contributed by atoms with Crippen LogP contribution in [0, 0.1) is 0 Å². The van der Waals surface area contributed by atoms with Crippen LogP contribution in [0.15, 0.2) is 78.9 Å². The second-order valence-corrected chi connectivity index (χ2v) is 6.28. The van der Waals surface area contributed by atoms with Gasteiger partial charge in [-0.1, -0.05) is 24.3 Å². The highest BCUT2D eigenvalue weighted by Crippen LogP contribution is 2.20. The molecule has 0 aliphatic heterocycles. The van der Waals surface area contributed by atoms with Crippen molar-refractivity contribution in [3.05, 3.63) is 78.9 Å². The molecule has 0 saturated heterocycles. The molecule has 0 fully saturated rings. The van der Waals surface area contributed by atoms with Gasteiger partial charge in [0.05, 0.1) is 5.69 Å². The summed E-state index contributed by atoms with van der Waals surface area (Å²) in [6.45, 7) is 1.21. The first-order valence-electron chi connectivity index (χ1n) is 8.88. The molecule has 0 atom stereocenters. The monoisotopic (exact) mass is 388 g/mol. The third kappa shape index (κ3) is 4.98. The number of anilines is 5. The number of nitrogens with one attached hydrogen (secondary N) is 2. The Kier molecular flexibility index (Phi) is 5.89. The highest BCUT2D eigenvalue weighted by Gasteiger charge is 2.27. The van der Waals surface area contributed by atoms with E-state index in [4.69, 9.17) is 5.73 Å². The molecule has 0 saturated carbocycles. The molecule has 0 aliphatic rings. The fourth-order valence-corrected chi connectivity index (χ4v) is 2.72. The fourth-order valence-electron chi connectivity index (χ4n) is 2.72. The normalized spacial score (nSPS) is 10.1. The molecule has 3 amide bonds. The Balaban J connectivity index is 1.69. The molecule has 3 aromatic rings. The number of nitrogens with two attached hydrogens (primary N) is 1. The summed E-state index contributed by atoms with van der Waals surface area (Å²) in [5.74, 6) is -2.50. The second-order valence-electron chi connectivity index (χ2n) is 6.28. The molecule has 0 spiro atoms. The number of carbonyl (C=O) groups is 3. The first-order valence-corrected chi connectivity index (χ1v) is 8.88. The van der Waals surface area contributed by atoms with Crippen molar-refractivity contribution in [1.29, 1.82) is 0 Å². The number of benzene rings is 3. The molecule has 0 heterocycles.